The summed E-state index contributed by atoms with van der Waals surface area (Å²) in [5.74, 6) is 0. The van der Waals surface area contributed by atoms with Gasteiger partial charge >= 0.3 is 0 Å². The molecule has 1 aliphatic heterocycles. The third-order valence-electron chi connectivity index (χ3n) is 4.21. The van der Waals surface area contributed by atoms with Crippen LogP contribution in [0.5, 0.6) is 0 Å². The maximum Gasteiger partial charge on any atom is 0.0193 e. The highest BCUT2D eigenvalue weighted by molar-refractivity contribution is 5.22. The van der Waals surface area contributed by atoms with Gasteiger partial charge < -0.3 is 5.32 Å². The van der Waals surface area contributed by atoms with Crippen molar-refractivity contribution in [2.45, 2.75) is 51.5 Å². The van der Waals surface area contributed by atoms with Crippen LogP contribution in [0.2, 0.25) is 0 Å². The third kappa shape index (κ3) is 3.08. The first-order valence-corrected chi connectivity index (χ1v) is 6.86. The molecule has 16 heavy (non-hydrogen) atoms. The number of rotatable bonds is 3. The highest BCUT2D eigenvalue weighted by Gasteiger charge is 2.18. The van der Waals surface area contributed by atoms with Crippen molar-refractivity contribution in [2.75, 3.05) is 26.7 Å². The molecule has 1 N–H and O–H groups in total. The van der Waals surface area contributed by atoms with E-state index < -0.39 is 0 Å². The van der Waals surface area contributed by atoms with Crippen molar-refractivity contribution in [3.8, 4) is 0 Å². The first-order valence-electron chi connectivity index (χ1n) is 6.86. The van der Waals surface area contributed by atoms with Crippen LogP contribution in [-0.2, 0) is 0 Å². The summed E-state index contributed by atoms with van der Waals surface area (Å²) in [5.41, 5.74) is 3.24. The van der Waals surface area contributed by atoms with Gasteiger partial charge in [-0.05, 0) is 32.4 Å². The molecule has 0 radical (unpaired) electrons. The van der Waals surface area contributed by atoms with Crippen LogP contribution in [0.3, 0.4) is 0 Å². The first-order chi connectivity index (χ1) is 7.77. The Bertz CT molecular complexity index is 243. The summed E-state index contributed by atoms with van der Waals surface area (Å²) in [6.07, 6.45) is 8.61. The Hall–Kier alpha value is -0.340. The maximum absolute atomic E-state index is 3.33. The molecule has 1 heterocycles. The zero-order valence-electron chi connectivity index (χ0n) is 10.9. The Kier molecular flexibility index (Phi) is 4.42. The minimum Gasteiger partial charge on any atom is -0.309 e. The molecule has 1 aliphatic carbocycles. The largest absolute Gasteiger partial charge is 0.309 e. The molecule has 1 saturated carbocycles. The van der Waals surface area contributed by atoms with Crippen molar-refractivity contribution in [1.82, 2.24) is 10.2 Å². The summed E-state index contributed by atoms with van der Waals surface area (Å²) in [4.78, 5) is 2.59. The van der Waals surface area contributed by atoms with Gasteiger partial charge in [0.2, 0.25) is 0 Å². The molecule has 2 heteroatoms. The summed E-state index contributed by atoms with van der Waals surface area (Å²) in [6, 6.07) is 0.839. The highest BCUT2D eigenvalue weighted by atomic mass is 15.1. The average Bonchev–Trinajstić information content (AvgIpc) is 2.42. The lowest BCUT2D eigenvalue weighted by atomic mass is 10.0. The minimum atomic E-state index is 0.839. The number of likely N-dealkylation sites (N-methyl/N-ethyl adjacent to an activating group) is 1. The monoisotopic (exact) mass is 222 g/mol. The van der Waals surface area contributed by atoms with E-state index in [1.54, 1.807) is 11.1 Å². The smallest absolute Gasteiger partial charge is 0.0193 e. The van der Waals surface area contributed by atoms with Gasteiger partial charge in [-0.1, -0.05) is 31.3 Å². The van der Waals surface area contributed by atoms with Crippen LogP contribution in [-0.4, -0.2) is 37.6 Å². The van der Waals surface area contributed by atoms with Crippen LogP contribution in [0.25, 0.3) is 0 Å². The zero-order chi connectivity index (χ0) is 11.4. The summed E-state index contributed by atoms with van der Waals surface area (Å²) in [6.45, 7) is 5.75. The maximum atomic E-state index is 3.33. The molecule has 2 fully saturated rings. The van der Waals surface area contributed by atoms with Crippen molar-refractivity contribution in [1.29, 1.82) is 0 Å². The molecule has 92 valence electrons. The molecular formula is C14H26N2. The fraction of sp³-hybridized carbons (Fsp3) is 0.857. The third-order valence-corrected chi connectivity index (χ3v) is 4.21. The molecular weight excluding hydrogens is 196 g/mol. The van der Waals surface area contributed by atoms with E-state index in [9.17, 15) is 0 Å². The van der Waals surface area contributed by atoms with Crippen LogP contribution in [0.15, 0.2) is 11.1 Å². The second-order valence-electron chi connectivity index (χ2n) is 5.55. The fourth-order valence-corrected chi connectivity index (χ4v) is 2.87. The zero-order valence-corrected chi connectivity index (χ0v) is 10.9. The van der Waals surface area contributed by atoms with Gasteiger partial charge in [0.1, 0.15) is 0 Å². The van der Waals surface area contributed by atoms with Gasteiger partial charge in [-0.3, -0.25) is 4.90 Å². The van der Waals surface area contributed by atoms with E-state index in [1.807, 2.05) is 0 Å². The van der Waals surface area contributed by atoms with Gasteiger partial charge in [-0.15, -0.1) is 0 Å². The van der Waals surface area contributed by atoms with Gasteiger partial charge in [0.25, 0.3) is 0 Å². The second kappa shape index (κ2) is 5.83. The minimum absolute atomic E-state index is 0.839. The number of nitrogens with one attached hydrogen (secondary N) is 1. The summed E-state index contributed by atoms with van der Waals surface area (Å²) in [7, 11) is 2.31. The Morgan fingerprint density at radius 2 is 1.81 bits per heavy atom. The van der Waals surface area contributed by atoms with Crippen LogP contribution in [0.4, 0.5) is 0 Å². The lowest BCUT2D eigenvalue weighted by Gasteiger charge is -2.30. The SMILES string of the molecule is CC(CN(C)C1CCCCCC1)=C1CNC1. The number of nitrogens with zero attached hydrogens (tertiary/aromatic N) is 1. The van der Waals surface area contributed by atoms with Gasteiger partial charge in [0, 0.05) is 25.7 Å². The van der Waals surface area contributed by atoms with E-state index in [0.29, 0.717) is 0 Å². The molecule has 0 aromatic heterocycles. The molecule has 0 spiro atoms. The van der Waals surface area contributed by atoms with Crippen LogP contribution >= 0.6 is 0 Å². The normalized spacial score (nSPS) is 23.1. The van der Waals surface area contributed by atoms with Gasteiger partial charge in [0.15, 0.2) is 0 Å². The van der Waals surface area contributed by atoms with E-state index >= 15 is 0 Å². The number of hydrogen-bond acceptors (Lipinski definition) is 2. The van der Waals surface area contributed by atoms with Gasteiger partial charge in [0.05, 0.1) is 0 Å². The molecule has 2 rings (SSSR count). The van der Waals surface area contributed by atoms with E-state index in [2.05, 4.69) is 24.2 Å². The van der Waals surface area contributed by atoms with Crippen LogP contribution < -0.4 is 5.32 Å². The summed E-state index contributed by atoms with van der Waals surface area (Å²) < 4.78 is 0. The van der Waals surface area contributed by atoms with Crippen LogP contribution in [0, 0.1) is 0 Å². The molecule has 0 bridgehead atoms. The van der Waals surface area contributed by atoms with Crippen molar-refractivity contribution in [3.05, 3.63) is 11.1 Å². The van der Waals surface area contributed by atoms with E-state index in [1.165, 1.54) is 45.1 Å². The van der Waals surface area contributed by atoms with Crippen molar-refractivity contribution >= 4 is 0 Å². The lowest BCUT2D eigenvalue weighted by Crippen LogP contribution is -2.38. The molecule has 1 saturated heterocycles. The van der Waals surface area contributed by atoms with E-state index in [4.69, 9.17) is 0 Å². The molecule has 0 aromatic rings. The van der Waals surface area contributed by atoms with E-state index in [0.717, 1.165) is 19.1 Å². The molecule has 2 nitrogen and oxygen atoms in total. The predicted octanol–water partition coefficient (Wildman–Crippen LogP) is 2.56. The molecule has 0 unspecified atom stereocenters. The lowest BCUT2D eigenvalue weighted by molar-refractivity contribution is 0.237. The Morgan fingerprint density at radius 1 is 1.19 bits per heavy atom. The van der Waals surface area contributed by atoms with Crippen LogP contribution in [0.1, 0.15) is 45.4 Å². The standard InChI is InChI=1S/C14H26N2/c1-12(13-9-15-10-13)11-16(2)14-7-5-3-4-6-8-14/h14-15H,3-11H2,1-2H3. The fourth-order valence-electron chi connectivity index (χ4n) is 2.87. The predicted molar refractivity (Wildman–Crippen MR) is 69.7 cm³/mol. The van der Waals surface area contributed by atoms with Crippen molar-refractivity contribution in [3.63, 3.8) is 0 Å². The molecule has 0 amide bonds. The quantitative estimate of drug-likeness (QED) is 0.583. The first kappa shape index (κ1) is 12.1. The topological polar surface area (TPSA) is 15.3 Å². The molecule has 0 aromatic carbocycles. The summed E-state index contributed by atoms with van der Waals surface area (Å²) in [5, 5.41) is 3.33. The van der Waals surface area contributed by atoms with E-state index in [-0.39, 0.29) is 0 Å². The van der Waals surface area contributed by atoms with Crippen molar-refractivity contribution < 1.29 is 0 Å². The average molecular weight is 222 g/mol. The Morgan fingerprint density at radius 3 is 2.31 bits per heavy atom. The molecule has 2 aliphatic rings. The van der Waals surface area contributed by atoms with Gasteiger partial charge in [-0.25, -0.2) is 0 Å². The van der Waals surface area contributed by atoms with Crippen molar-refractivity contribution in [2.24, 2.45) is 0 Å². The molecule has 0 atom stereocenters. The Labute approximate surface area is 100 Å². The second-order valence-corrected chi connectivity index (χ2v) is 5.55. The highest BCUT2D eigenvalue weighted by Crippen LogP contribution is 2.22. The van der Waals surface area contributed by atoms with Gasteiger partial charge in [-0.2, -0.15) is 0 Å². The number of hydrogen-bond donors (Lipinski definition) is 1. The Balaban J connectivity index is 1.83. The summed E-state index contributed by atoms with van der Waals surface area (Å²) >= 11 is 0.